The lowest BCUT2D eigenvalue weighted by atomic mass is 9.54. The van der Waals surface area contributed by atoms with E-state index in [4.69, 9.17) is 0 Å². The highest BCUT2D eigenvalue weighted by Gasteiger charge is 2.78. The minimum Gasteiger partial charge on any atom is -0.394 e. The Bertz CT molecular complexity index is 1470. The van der Waals surface area contributed by atoms with Crippen LogP contribution in [0.15, 0.2) is 48.5 Å². The Morgan fingerprint density at radius 1 is 0.667 bits per heavy atom. The summed E-state index contributed by atoms with van der Waals surface area (Å²) in [5.41, 5.74) is 1.63. The minimum atomic E-state index is -1.01. The van der Waals surface area contributed by atoms with Crippen molar-refractivity contribution in [3.05, 3.63) is 59.7 Å². The lowest BCUT2D eigenvalue weighted by Gasteiger charge is -2.48. The lowest BCUT2D eigenvalue weighted by Crippen LogP contribution is -2.67. The second-order valence-electron chi connectivity index (χ2n) is 12.4. The maximum Gasteiger partial charge on any atom is 0.250 e. The van der Waals surface area contributed by atoms with Gasteiger partial charge >= 0.3 is 0 Å². The normalized spacial score (nSPS) is 37.6. The number of aliphatic hydroxyl groups is 2. The van der Waals surface area contributed by atoms with E-state index < -0.39 is 60.5 Å². The van der Waals surface area contributed by atoms with Crippen LogP contribution < -0.4 is 10.6 Å². The number of fused-ring (bicyclic) bond motifs is 11. The number of anilines is 2. The second kappa shape index (κ2) is 8.23. The summed E-state index contributed by atoms with van der Waals surface area (Å²) in [6.45, 7) is -0.994. The maximum absolute atomic E-state index is 14.0. The third-order valence-corrected chi connectivity index (χ3v) is 11.0. The lowest BCUT2D eigenvalue weighted by molar-refractivity contribution is -0.161. The van der Waals surface area contributed by atoms with Crippen LogP contribution in [0.1, 0.15) is 24.0 Å². The second-order valence-corrected chi connectivity index (χ2v) is 12.4. The van der Waals surface area contributed by atoms with E-state index in [0.29, 0.717) is 0 Å². The molecule has 0 radical (unpaired) electrons. The Morgan fingerprint density at radius 2 is 1.05 bits per heavy atom. The van der Waals surface area contributed by atoms with Crippen LogP contribution in [0.5, 0.6) is 0 Å². The number of hydrogen-bond acceptors (Lipinski definition) is 8. The molecule has 0 aromatic heterocycles. The van der Waals surface area contributed by atoms with Gasteiger partial charge in [-0.3, -0.25) is 19.2 Å². The number of piperazine rings is 2. The fourth-order valence-electron chi connectivity index (χ4n) is 9.22. The van der Waals surface area contributed by atoms with E-state index >= 15 is 0 Å². The standard InChI is InChI=1S/C30H32N6O6/c1-33-21(13-37)25(41)35-19(23(33)39)11-29(15-7-3-5-9-17(15)31-27(29)35)30-12-20-24(40)34(2)22(14-38)26(42)36(20)28(30)32-18-10-6-4-8-16(18)30/h3-10,19-22,27-28,31-32,37-38H,11-14H2,1-2H3/t19?,20?,21-,22-,27-,28-,29+,30+/m1/s1. The molecule has 2 aromatic rings. The fraction of sp³-hybridized carbons (Fsp3) is 0.467. The fourth-order valence-corrected chi connectivity index (χ4v) is 9.22. The van der Waals surface area contributed by atoms with E-state index in [9.17, 15) is 29.4 Å². The summed E-state index contributed by atoms with van der Waals surface area (Å²) in [6.07, 6.45) is -0.813. The average Bonchev–Trinajstić information content (AvgIpc) is 3.69. The van der Waals surface area contributed by atoms with Gasteiger partial charge in [0, 0.05) is 25.5 Å². The van der Waals surface area contributed by atoms with Crippen molar-refractivity contribution in [1.29, 1.82) is 0 Å². The van der Waals surface area contributed by atoms with Crippen molar-refractivity contribution in [2.75, 3.05) is 37.9 Å². The van der Waals surface area contributed by atoms with Gasteiger partial charge in [-0.15, -0.1) is 0 Å². The molecule has 12 heteroatoms. The van der Waals surface area contributed by atoms with Crippen LogP contribution in [0.4, 0.5) is 11.4 Å². The molecule has 6 heterocycles. The van der Waals surface area contributed by atoms with E-state index in [-0.39, 0.29) is 36.5 Å². The van der Waals surface area contributed by atoms with Gasteiger partial charge in [-0.1, -0.05) is 36.4 Å². The molecule has 0 bridgehead atoms. The van der Waals surface area contributed by atoms with Gasteiger partial charge in [0.25, 0.3) is 0 Å². The molecule has 8 rings (SSSR count). The Hall–Kier alpha value is -4.16. The largest absolute Gasteiger partial charge is 0.394 e. The van der Waals surface area contributed by atoms with E-state index in [0.717, 1.165) is 22.5 Å². The van der Waals surface area contributed by atoms with E-state index in [1.54, 1.807) is 23.9 Å². The van der Waals surface area contributed by atoms with Gasteiger partial charge in [0.15, 0.2) is 0 Å². The summed E-state index contributed by atoms with van der Waals surface area (Å²) >= 11 is 0. The third-order valence-electron chi connectivity index (χ3n) is 11.0. The monoisotopic (exact) mass is 572 g/mol. The number of aliphatic hydroxyl groups excluding tert-OH is 2. The van der Waals surface area contributed by atoms with Gasteiger partial charge in [0.05, 0.1) is 24.0 Å². The Kier molecular flexibility index (Phi) is 5.00. The van der Waals surface area contributed by atoms with Crippen molar-refractivity contribution < 1.29 is 29.4 Å². The summed E-state index contributed by atoms with van der Waals surface area (Å²) in [7, 11) is 3.10. The van der Waals surface area contributed by atoms with Crippen LogP contribution >= 0.6 is 0 Å². The molecule has 2 unspecified atom stereocenters. The summed E-state index contributed by atoms with van der Waals surface area (Å²) in [5.74, 6) is -1.19. The number of nitrogens with one attached hydrogen (secondary N) is 2. The predicted molar refractivity (Wildman–Crippen MR) is 149 cm³/mol. The smallest absolute Gasteiger partial charge is 0.250 e. The molecule has 4 saturated heterocycles. The van der Waals surface area contributed by atoms with Crippen LogP contribution in [0.25, 0.3) is 0 Å². The highest BCUT2D eigenvalue weighted by Crippen LogP contribution is 2.69. The van der Waals surface area contributed by atoms with Gasteiger partial charge < -0.3 is 40.4 Å². The van der Waals surface area contributed by atoms with Crippen molar-refractivity contribution in [2.45, 2.75) is 60.2 Å². The van der Waals surface area contributed by atoms with Crippen LogP contribution in [0.2, 0.25) is 0 Å². The molecular formula is C30H32N6O6. The van der Waals surface area contributed by atoms with Gasteiger partial charge in [-0.2, -0.15) is 0 Å². The van der Waals surface area contributed by atoms with Crippen molar-refractivity contribution in [1.82, 2.24) is 19.6 Å². The first-order valence-electron chi connectivity index (χ1n) is 14.3. The molecule has 4 amide bonds. The predicted octanol–water partition coefficient (Wildman–Crippen LogP) is -0.767. The number of rotatable bonds is 3. The van der Waals surface area contributed by atoms with Gasteiger partial charge in [0.1, 0.15) is 36.5 Å². The molecule has 0 spiro atoms. The molecule has 6 aliphatic heterocycles. The summed E-state index contributed by atoms with van der Waals surface area (Å²) < 4.78 is 0. The molecular weight excluding hydrogens is 540 g/mol. The Labute approximate surface area is 241 Å². The van der Waals surface area contributed by atoms with Gasteiger partial charge in [-0.05, 0) is 36.1 Å². The van der Waals surface area contributed by atoms with E-state index in [1.165, 1.54) is 9.80 Å². The molecule has 218 valence electrons. The van der Waals surface area contributed by atoms with Crippen LogP contribution in [-0.4, -0.2) is 117 Å². The molecule has 42 heavy (non-hydrogen) atoms. The van der Waals surface area contributed by atoms with E-state index in [2.05, 4.69) is 10.6 Å². The highest BCUT2D eigenvalue weighted by atomic mass is 16.3. The average molecular weight is 573 g/mol. The third kappa shape index (κ3) is 2.62. The molecule has 0 aliphatic carbocycles. The zero-order chi connectivity index (χ0) is 29.3. The number of hydrogen-bond donors (Lipinski definition) is 4. The number of carbonyl (C=O) groups is 4. The highest BCUT2D eigenvalue weighted by molar-refractivity contribution is 6.01. The maximum atomic E-state index is 14.0. The first kappa shape index (κ1) is 25.5. The first-order valence-corrected chi connectivity index (χ1v) is 14.3. The van der Waals surface area contributed by atoms with Crippen LogP contribution in [-0.2, 0) is 30.0 Å². The molecule has 4 fully saturated rings. The number of nitrogens with zero attached hydrogens (tertiary/aromatic N) is 4. The minimum absolute atomic E-state index is 0.253. The van der Waals surface area contributed by atoms with Crippen molar-refractivity contribution in [3.8, 4) is 0 Å². The molecule has 6 aliphatic rings. The number of likely N-dealkylation sites (N-methyl/N-ethyl adjacent to an activating group) is 2. The summed E-state index contributed by atoms with van der Waals surface area (Å²) in [5, 5.41) is 27.4. The molecule has 8 atom stereocenters. The van der Waals surface area contributed by atoms with Crippen LogP contribution in [0, 0.1) is 0 Å². The summed E-state index contributed by atoms with van der Waals surface area (Å²) in [4.78, 5) is 61.7. The number of para-hydroxylation sites is 2. The molecule has 4 N–H and O–H groups in total. The van der Waals surface area contributed by atoms with Gasteiger partial charge in [-0.25, -0.2) is 0 Å². The zero-order valence-corrected chi connectivity index (χ0v) is 23.2. The van der Waals surface area contributed by atoms with Crippen molar-refractivity contribution in [3.63, 3.8) is 0 Å². The number of amides is 4. The quantitative estimate of drug-likeness (QED) is 0.376. The van der Waals surface area contributed by atoms with Crippen molar-refractivity contribution >= 4 is 35.0 Å². The first-order chi connectivity index (χ1) is 20.2. The van der Waals surface area contributed by atoms with Gasteiger partial charge in [0.2, 0.25) is 23.6 Å². The van der Waals surface area contributed by atoms with Crippen LogP contribution in [0.3, 0.4) is 0 Å². The molecule has 2 aromatic carbocycles. The van der Waals surface area contributed by atoms with Crippen molar-refractivity contribution in [2.24, 2.45) is 0 Å². The SMILES string of the molecule is CN1C(=O)C2C[C@]3([C@]45CC6C(=O)N(C)[C@H](CO)C(=O)N6[C@H]4Nc4ccccc45)c4ccccc4N[C@@H]3N2C(=O)[C@H]1CO. The molecule has 0 saturated carbocycles. The zero-order valence-electron chi connectivity index (χ0n) is 23.2. The Balaban J connectivity index is 1.41. The number of benzene rings is 2. The van der Waals surface area contributed by atoms with E-state index in [1.807, 2.05) is 48.5 Å². The topological polar surface area (TPSA) is 146 Å². The summed E-state index contributed by atoms with van der Waals surface area (Å²) in [6, 6.07) is 12.0. The molecule has 12 nitrogen and oxygen atoms in total. The Morgan fingerprint density at radius 3 is 1.43 bits per heavy atom. The number of carbonyl (C=O) groups excluding carboxylic acids is 4.